The number of aromatic nitrogens is 2. The molecule has 2 unspecified atom stereocenters. The predicted octanol–water partition coefficient (Wildman–Crippen LogP) is -0.0966. The highest BCUT2D eigenvalue weighted by Gasteiger charge is 2.34. The molecule has 6 heteroatoms. The molecule has 0 saturated carbocycles. The maximum Gasteiger partial charge on any atom is 0.330 e. The van der Waals surface area contributed by atoms with E-state index in [1.54, 1.807) is 6.92 Å². The minimum Gasteiger partial charge on any atom is -0.390 e. The molecule has 0 aliphatic carbocycles. The minimum absolute atomic E-state index is 0.251. The molecule has 0 radical (unpaired) electrons. The summed E-state index contributed by atoms with van der Waals surface area (Å²) in [7, 11) is 0. The monoisotopic (exact) mass is 240 g/mol. The minimum atomic E-state index is -0.566. The third-order valence-electron chi connectivity index (χ3n) is 3.06. The van der Waals surface area contributed by atoms with Crippen LogP contribution in [0.1, 0.15) is 31.6 Å². The molecule has 2 heterocycles. The molecule has 0 spiro atoms. The summed E-state index contributed by atoms with van der Waals surface area (Å²) in [6, 6.07) is 0. The Kier molecular flexibility index (Phi) is 3.17. The van der Waals surface area contributed by atoms with Crippen LogP contribution >= 0.6 is 0 Å². The summed E-state index contributed by atoms with van der Waals surface area (Å²) in [4.78, 5) is 25.1. The molecule has 2 rings (SSSR count). The van der Waals surface area contributed by atoms with E-state index < -0.39 is 23.6 Å². The molecule has 1 aliphatic rings. The lowest BCUT2D eigenvalue weighted by Gasteiger charge is -2.14. The first-order valence-corrected chi connectivity index (χ1v) is 5.68. The lowest BCUT2D eigenvalue weighted by molar-refractivity contribution is -0.0218. The van der Waals surface area contributed by atoms with E-state index in [1.807, 2.05) is 6.92 Å². The molecular formula is C11H16N2O4. The van der Waals surface area contributed by atoms with Gasteiger partial charge in [-0.25, -0.2) is 4.79 Å². The number of aliphatic hydroxyl groups is 1. The number of nitrogens with zero attached hydrogens (tertiary/aromatic N) is 1. The molecular weight excluding hydrogens is 224 g/mol. The van der Waals surface area contributed by atoms with Crippen molar-refractivity contribution >= 4 is 0 Å². The smallest absolute Gasteiger partial charge is 0.330 e. The van der Waals surface area contributed by atoms with E-state index in [1.165, 1.54) is 10.8 Å². The Labute approximate surface area is 97.9 Å². The second-order valence-electron chi connectivity index (χ2n) is 4.32. The van der Waals surface area contributed by atoms with Crippen LogP contribution in [0.25, 0.3) is 0 Å². The highest BCUT2D eigenvalue weighted by Crippen LogP contribution is 2.28. The van der Waals surface area contributed by atoms with Gasteiger partial charge in [0.25, 0.3) is 5.56 Å². The zero-order valence-corrected chi connectivity index (χ0v) is 9.84. The van der Waals surface area contributed by atoms with Crippen molar-refractivity contribution in [1.29, 1.82) is 0 Å². The van der Waals surface area contributed by atoms with Gasteiger partial charge in [0.2, 0.25) is 0 Å². The summed E-state index contributed by atoms with van der Waals surface area (Å²) in [5.74, 6) is 0. The largest absolute Gasteiger partial charge is 0.390 e. The first-order valence-electron chi connectivity index (χ1n) is 5.68. The summed E-state index contributed by atoms with van der Waals surface area (Å²) < 4.78 is 6.90. The van der Waals surface area contributed by atoms with Crippen molar-refractivity contribution in [2.75, 3.05) is 0 Å². The Balaban J connectivity index is 2.34. The number of rotatable bonds is 2. The maximum atomic E-state index is 11.6. The maximum absolute atomic E-state index is 11.6. The summed E-state index contributed by atoms with van der Waals surface area (Å²) in [5.41, 5.74) is -0.450. The highest BCUT2D eigenvalue weighted by molar-refractivity contribution is 5.01. The summed E-state index contributed by atoms with van der Waals surface area (Å²) in [6.07, 6.45) is 1.20. The van der Waals surface area contributed by atoms with Crippen LogP contribution in [0.5, 0.6) is 0 Å². The van der Waals surface area contributed by atoms with E-state index in [0.717, 1.165) is 0 Å². The van der Waals surface area contributed by atoms with Gasteiger partial charge in [-0.3, -0.25) is 14.3 Å². The number of aromatic amines is 1. The van der Waals surface area contributed by atoms with E-state index in [4.69, 9.17) is 4.74 Å². The molecule has 1 aromatic heterocycles. The van der Waals surface area contributed by atoms with Crippen molar-refractivity contribution < 1.29 is 9.84 Å². The fraction of sp³-hybridized carbons (Fsp3) is 0.636. The van der Waals surface area contributed by atoms with E-state index in [0.29, 0.717) is 18.4 Å². The predicted molar refractivity (Wildman–Crippen MR) is 60.9 cm³/mol. The Morgan fingerprint density at radius 3 is 2.88 bits per heavy atom. The number of nitrogens with one attached hydrogen (secondary N) is 1. The van der Waals surface area contributed by atoms with Crippen LogP contribution in [-0.4, -0.2) is 26.9 Å². The molecule has 0 amide bonds. The normalized spacial score (nSPS) is 28.5. The van der Waals surface area contributed by atoms with Crippen molar-refractivity contribution in [3.05, 3.63) is 32.6 Å². The zero-order chi connectivity index (χ0) is 12.6. The Morgan fingerprint density at radius 2 is 2.29 bits per heavy atom. The quantitative estimate of drug-likeness (QED) is 0.756. The van der Waals surface area contributed by atoms with Crippen molar-refractivity contribution in [2.45, 2.75) is 45.1 Å². The fourth-order valence-corrected chi connectivity index (χ4v) is 2.05. The van der Waals surface area contributed by atoms with Gasteiger partial charge in [0, 0.05) is 18.2 Å². The Hall–Kier alpha value is -1.40. The standard InChI is InChI=1S/C11H16N2O4/c1-3-8-7(14)4-9(17-8)13-5-6(2)10(15)12-11(13)16/h5,7-9,14H,3-4H2,1-2H3,(H,12,15,16)/t7-,8?,9?/m0/s1. The van der Waals surface area contributed by atoms with Gasteiger partial charge in [-0.2, -0.15) is 0 Å². The van der Waals surface area contributed by atoms with Crippen LogP contribution in [0, 0.1) is 6.92 Å². The van der Waals surface area contributed by atoms with E-state index >= 15 is 0 Å². The number of hydrogen-bond acceptors (Lipinski definition) is 4. The topological polar surface area (TPSA) is 84.3 Å². The second-order valence-corrected chi connectivity index (χ2v) is 4.32. The van der Waals surface area contributed by atoms with Crippen LogP contribution < -0.4 is 11.2 Å². The summed E-state index contributed by atoms with van der Waals surface area (Å²) in [5, 5.41) is 9.72. The SMILES string of the molecule is CCC1OC(n2cc(C)c(=O)[nH]c2=O)C[C@@H]1O. The van der Waals surface area contributed by atoms with Crippen molar-refractivity contribution in [2.24, 2.45) is 0 Å². The first-order chi connectivity index (χ1) is 8.02. The average molecular weight is 240 g/mol. The lowest BCUT2D eigenvalue weighted by Crippen LogP contribution is -2.33. The second kappa shape index (κ2) is 4.46. The zero-order valence-electron chi connectivity index (χ0n) is 9.84. The van der Waals surface area contributed by atoms with Gasteiger partial charge in [-0.1, -0.05) is 6.92 Å². The van der Waals surface area contributed by atoms with Crippen LogP contribution in [0.3, 0.4) is 0 Å². The van der Waals surface area contributed by atoms with Gasteiger partial charge >= 0.3 is 5.69 Å². The molecule has 0 aromatic carbocycles. The molecule has 3 atom stereocenters. The number of hydrogen-bond donors (Lipinski definition) is 2. The molecule has 1 aromatic rings. The van der Waals surface area contributed by atoms with E-state index in [2.05, 4.69) is 4.98 Å². The fourth-order valence-electron chi connectivity index (χ4n) is 2.05. The summed E-state index contributed by atoms with van der Waals surface area (Å²) >= 11 is 0. The van der Waals surface area contributed by atoms with Gasteiger partial charge in [-0.15, -0.1) is 0 Å². The number of ether oxygens (including phenoxy) is 1. The molecule has 1 fully saturated rings. The third kappa shape index (κ3) is 2.18. The van der Waals surface area contributed by atoms with Crippen LogP contribution in [-0.2, 0) is 4.74 Å². The average Bonchev–Trinajstić information content (AvgIpc) is 2.65. The first kappa shape index (κ1) is 12.1. The third-order valence-corrected chi connectivity index (χ3v) is 3.06. The molecule has 17 heavy (non-hydrogen) atoms. The molecule has 6 nitrogen and oxygen atoms in total. The van der Waals surface area contributed by atoms with E-state index in [9.17, 15) is 14.7 Å². The van der Waals surface area contributed by atoms with Crippen LogP contribution in [0.2, 0.25) is 0 Å². The van der Waals surface area contributed by atoms with Crippen molar-refractivity contribution in [3.8, 4) is 0 Å². The number of aliphatic hydroxyl groups excluding tert-OH is 1. The molecule has 0 bridgehead atoms. The molecule has 94 valence electrons. The van der Waals surface area contributed by atoms with Crippen molar-refractivity contribution in [1.82, 2.24) is 9.55 Å². The van der Waals surface area contributed by atoms with Gasteiger partial charge in [0.1, 0.15) is 6.23 Å². The van der Waals surface area contributed by atoms with Gasteiger partial charge < -0.3 is 9.84 Å². The van der Waals surface area contributed by atoms with Gasteiger partial charge in [-0.05, 0) is 13.3 Å². The van der Waals surface area contributed by atoms with E-state index in [-0.39, 0.29) is 6.10 Å². The van der Waals surface area contributed by atoms with Gasteiger partial charge in [0.05, 0.1) is 12.2 Å². The Morgan fingerprint density at radius 1 is 1.59 bits per heavy atom. The van der Waals surface area contributed by atoms with Gasteiger partial charge in [0.15, 0.2) is 0 Å². The van der Waals surface area contributed by atoms with Crippen LogP contribution in [0.4, 0.5) is 0 Å². The number of aryl methyl sites for hydroxylation is 1. The molecule has 1 aliphatic heterocycles. The lowest BCUT2D eigenvalue weighted by atomic mass is 10.1. The number of H-pyrrole nitrogens is 1. The van der Waals surface area contributed by atoms with Crippen molar-refractivity contribution in [3.63, 3.8) is 0 Å². The molecule has 2 N–H and O–H groups in total. The summed E-state index contributed by atoms with van der Waals surface area (Å²) in [6.45, 7) is 3.54. The Bertz CT molecular complexity index is 519. The highest BCUT2D eigenvalue weighted by atomic mass is 16.5. The van der Waals surface area contributed by atoms with Crippen LogP contribution in [0.15, 0.2) is 15.8 Å². The molecule has 1 saturated heterocycles.